The van der Waals surface area contributed by atoms with Crippen LogP contribution in [0.25, 0.3) is 0 Å². The SMILES string of the molecule is COC(CN)CC(=O)NCC(C)(C)c1ccc2c(c1)OCCO2.Cl. The lowest BCUT2D eigenvalue weighted by atomic mass is 9.84. The smallest absolute Gasteiger partial charge is 0.222 e. The lowest BCUT2D eigenvalue weighted by molar-refractivity contribution is -0.123. The van der Waals surface area contributed by atoms with Crippen LogP contribution >= 0.6 is 12.4 Å². The second kappa shape index (κ2) is 9.11. The van der Waals surface area contributed by atoms with Crippen molar-refractivity contribution in [3.05, 3.63) is 23.8 Å². The Morgan fingerprint density at radius 3 is 2.62 bits per heavy atom. The summed E-state index contributed by atoms with van der Waals surface area (Å²) in [5.74, 6) is 1.47. The number of hydrogen-bond donors (Lipinski definition) is 2. The fraction of sp³-hybridized carbons (Fsp3) is 0.588. The maximum Gasteiger partial charge on any atom is 0.222 e. The summed E-state index contributed by atoms with van der Waals surface area (Å²) in [6.07, 6.45) is 0.0249. The standard InChI is InChI=1S/C17H26N2O4.ClH/c1-17(2,11-19-16(20)9-13(10-18)21-3)12-4-5-14-15(8-12)23-7-6-22-14;/h4-5,8,13H,6-7,9-11,18H2,1-3H3,(H,19,20);1H. The van der Waals surface area contributed by atoms with E-state index in [1.807, 2.05) is 18.2 Å². The number of amides is 1. The van der Waals surface area contributed by atoms with Crippen molar-refractivity contribution < 1.29 is 19.0 Å². The van der Waals surface area contributed by atoms with Gasteiger partial charge in [0.25, 0.3) is 0 Å². The Balaban J connectivity index is 0.00000288. The van der Waals surface area contributed by atoms with Crippen molar-refractivity contribution in [2.45, 2.75) is 31.8 Å². The number of nitrogens with two attached hydrogens (primary N) is 1. The van der Waals surface area contributed by atoms with Gasteiger partial charge >= 0.3 is 0 Å². The van der Waals surface area contributed by atoms with Crippen LogP contribution in [0.15, 0.2) is 18.2 Å². The van der Waals surface area contributed by atoms with Crippen LogP contribution in [-0.4, -0.2) is 45.4 Å². The van der Waals surface area contributed by atoms with Gasteiger partial charge in [-0.15, -0.1) is 12.4 Å². The summed E-state index contributed by atoms with van der Waals surface area (Å²) in [5, 5.41) is 2.95. The number of methoxy groups -OCH3 is 1. The first-order chi connectivity index (χ1) is 11.0. The van der Waals surface area contributed by atoms with Gasteiger partial charge in [0.15, 0.2) is 11.5 Å². The van der Waals surface area contributed by atoms with Crippen LogP contribution in [0.3, 0.4) is 0 Å². The van der Waals surface area contributed by atoms with E-state index in [2.05, 4.69) is 19.2 Å². The predicted octanol–water partition coefficient (Wildman–Crippen LogP) is 1.64. The number of carbonyl (C=O) groups is 1. The third-order valence-corrected chi connectivity index (χ3v) is 4.06. The summed E-state index contributed by atoms with van der Waals surface area (Å²) in [4.78, 5) is 12.0. The van der Waals surface area contributed by atoms with Crippen molar-refractivity contribution in [3.8, 4) is 11.5 Å². The molecule has 1 unspecified atom stereocenters. The lowest BCUT2D eigenvalue weighted by Gasteiger charge is -2.28. The van der Waals surface area contributed by atoms with Gasteiger partial charge < -0.3 is 25.3 Å². The van der Waals surface area contributed by atoms with Crippen molar-refractivity contribution in [3.63, 3.8) is 0 Å². The van der Waals surface area contributed by atoms with Crippen LogP contribution in [0.4, 0.5) is 0 Å². The van der Waals surface area contributed by atoms with Crippen molar-refractivity contribution in [1.82, 2.24) is 5.32 Å². The number of ether oxygens (including phenoxy) is 3. The first kappa shape index (κ1) is 20.5. The summed E-state index contributed by atoms with van der Waals surface area (Å²) >= 11 is 0. The van der Waals surface area contributed by atoms with E-state index in [4.69, 9.17) is 19.9 Å². The van der Waals surface area contributed by atoms with Crippen molar-refractivity contribution in [2.24, 2.45) is 5.73 Å². The van der Waals surface area contributed by atoms with Gasteiger partial charge in [-0.05, 0) is 17.7 Å². The highest BCUT2D eigenvalue weighted by Crippen LogP contribution is 2.34. The van der Waals surface area contributed by atoms with Crippen LogP contribution < -0.4 is 20.5 Å². The molecule has 1 atom stereocenters. The first-order valence-corrected chi connectivity index (χ1v) is 7.86. The molecule has 1 amide bonds. The van der Waals surface area contributed by atoms with Crippen molar-refractivity contribution >= 4 is 18.3 Å². The molecule has 0 fully saturated rings. The quantitative estimate of drug-likeness (QED) is 0.774. The number of halogens is 1. The van der Waals surface area contributed by atoms with Gasteiger partial charge in [-0.1, -0.05) is 19.9 Å². The van der Waals surface area contributed by atoms with Crippen molar-refractivity contribution in [2.75, 3.05) is 33.4 Å². The minimum absolute atomic E-state index is 0. The number of nitrogens with one attached hydrogen (secondary N) is 1. The minimum atomic E-state index is -0.243. The second-order valence-electron chi connectivity index (χ2n) is 6.32. The fourth-order valence-electron chi connectivity index (χ4n) is 2.43. The predicted molar refractivity (Wildman–Crippen MR) is 95.2 cm³/mol. The number of rotatable bonds is 7. The molecule has 1 aromatic carbocycles. The van der Waals surface area contributed by atoms with E-state index in [1.54, 1.807) is 7.11 Å². The van der Waals surface area contributed by atoms with Crippen LogP contribution in [0.2, 0.25) is 0 Å². The molecule has 0 saturated heterocycles. The van der Waals surface area contributed by atoms with Gasteiger partial charge in [0.2, 0.25) is 5.91 Å². The molecule has 136 valence electrons. The summed E-state index contributed by atoms with van der Waals surface area (Å²) in [6, 6.07) is 5.92. The molecular weight excluding hydrogens is 332 g/mol. The molecule has 0 aliphatic carbocycles. The molecule has 0 bridgehead atoms. The van der Waals surface area contributed by atoms with Gasteiger partial charge in [-0.2, -0.15) is 0 Å². The van der Waals surface area contributed by atoms with Crippen LogP contribution in [0.1, 0.15) is 25.8 Å². The molecule has 7 heteroatoms. The largest absolute Gasteiger partial charge is 0.486 e. The molecular formula is C17H27ClN2O4. The van der Waals surface area contributed by atoms with E-state index in [-0.39, 0.29) is 36.3 Å². The van der Waals surface area contributed by atoms with Gasteiger partial charge in [0.05, 0.1) is 12.5 Å². The van der Waals surface area contributed by atoms with E-state index in [9.17, 15) is 4.79 Å². The lowest BCUT2D eigenvalue weighted by Crippen LogP contribution is -2.39. The molecule has 0 spiro atoms. The molecule has 1 heterocycles. The van der Waals surface area contributed by atoms with Gasteiger partial charge in [-0.25, -0.2) is 0 Å². The molecule has 0 aromatic heterocycles. The topological polar surface area (TPSA) is 82.8 Å². The van der Waals surface area contributed by atoms with Crippen molar-refractivity contribution in [1.29, 1.82) is 0 Å². The van der Waals surface area contributed by atoms with E-state index in [0.717, 1.165) is 17.1 Å². The number of hydrogen-bond acceptors (Lipinski definition) is 5. The molecule has 1 aliphatic rings. The maximum absolute atomic E-state index is 12.0. The Labute approximate surface area is 149 Å². The zero-order chi connectivity index (χ0) is 16.9. The molecule has 0 saturated carbocycles. The van der Waals surface area contributed by atoms with Gasteiger partial charge in [0.1, 0.15) is 13.2 Å². The Morgan fingerprint density at radius 2 is 2.00 bits per heavy atom. The Kier molecular flexibility index (Phi) is 7.79. The van der Waals surface area contributed by atoms with E-state index in [0.29, 0.717) is 26.3 Å². The molecule has 3 N–H and O–H groups in total. The molecule has 24 heavy (non-hydrogen) atoms. The van der Waals surface area contributed by atoms with Crippen LogP contribution in [-0.2, 0) is 14.9 Å². The number of fused-ring (bicyclic) bond motifs is 1. The first-order valence-electron chi connectivity index (χ1n) is 7.86. The maximum atomic E-state index is 12.0. The number of carbonyl (C=O) groups excluding carboxylic acids is 1. The third-order valence-electron chi connectivity index (χ3n) is 4.06. The summed E-state index contributed by atoms with van der Waals surface area (Å²) in [6.45, 7) is 6.14. The molecule has 2 rings (SSSR count). The monoisotopic (exact) mass is 358 g/mol. The average Bonchev–Trinajstić information content (AvgIpc) is 2.57. The molecule has 6 nitrogen and oxygen atoms in total. The Bertz CT molecular complexity index is 547. The number of benzene rings is 1. The van der Waals surface area contributed by atoms with Crippen LogP contribution in [0, 0.1) is 0 Å². The fourth-order valence-corrected chi connectivity index (χ4v) is 2.43. The summed E-state index contributed by atoms with van der Waals surface area (Å²) in [7, 11) is 1.56. The second-order valence-corrected chi connectivity index (χ2v) is 6.32. The Morgan fingerprint density at radius 1 is 1.33 bits per heavy atom. The highest BCUT2D eigenvalue weighted by atomic mass is 35.5. The average molecular weight is 359 g/mol. The zero-order valence-corrected chi connectivity index (χ0v) is 15.3. The van der Waals surface area contributed by atoms with Crippen LogP contribution in [0.5, 0.6) is 11.5 Å². The van der Waals surface area contributed by atoms with E-state index < -0.39 is 0 Å². The highest BCUT2D eigenvalue weighted by molar-refractivity contribution is 5.85. The Hall–Kier alpha value is -1.50. The summed E-state index contributed by atoms with van der Waals surface area (Å²) < 4.78 is 16.3. The summed E-state index contributed by atoms with van der Waals surface area (Å²) in [5.41, 5.74) is 6.40. The molecule has 1 aliphatic heterocycles. The van der Waals surface area contributed by atoms with Gasteiger partial charge in [0, 0.05) is 25.6 Å². The normalized spacial score (nSPS) is 14.5. The zero-order valence-electron chi connectivity index (χ0n) is 14.5. The van der Waals surface area contributed by atoms with Gasteiger partial charge in [-0.3, -0.25) is 4.79 Å². The molecule has 1 aromatic rings. The minimum Gasteiger partial charge on any atom is -0.486 e. The molecule has 0 radical (unpaired) electrons. The highest BCUT2D eigenvalue weighted by Gasteiger charge is 2.24. The van der Waals surface area contributed by atoms with E-state index in [1.165, 1.54) is 0 Å². The van der Waals surface area contributed by atoms with E-state index >= 15 is 0 Å². The third kappa shape index (κ3) is 5.26.